The summed E-state index contributed by atoms with van der Waals surface area (Å²) in [5, 5.41) is 13.3. The van der Waals surface area contributed by atoms with E-state index in [0.717, 1.165) is 44.5 Å². The molecule has 0 saturated carbocycles. The highest BCUT2D eigenvalue weighted by Crippen LogP contribution is 2.30. The van der Waals surface area contributed by atoms with Crippen molar-refractivity contribution in [1.82, 2.24) is 20.8 Å². The summed E-state index contributed by atoms with van der Waals surface area (Å²) in [6.07, 6.45) is 6.01. The highest BCUT2D eigenvalue weighted by Gasteiger charge is 2.36. The van der Waals surface area contributed by atoms with Gasteiger partial charge in [-0.25, -0.2) is 0 Å². The smallest absolute Gasteiger partial charge is 0.237 e. The number of carbonyl (C=O) groups excluding carboxylic acids is 1. The van der Waals surface area contributed by atoms with Crippen LogP contribution in [-0.2, 0) is 11.2 Å². The molecule has 112 valence electrons. The van der Waals surface area contributed by atoms with Gasteiger partial charge in [0.05, 0.1) is 12.2 Å². The molecule has 1 fully saturated rings. The normalized spacial score (nSPS) is 21.6. The number of nitrogens with zero attached hydrogens (tertiary/aromatic N) is 1. The van der Waals surface area contributed by atoms with E-state index in [9.17, 15) is 4.79 Å². The van der Waals surface area contributed by atoms with E-state index >= 15 is 0 Å². The number of carbonyl (C=O) groups is 1. The zero-order valence-corrected chi connectivity index (χ0v) is 12.8. The van der Waals surface area contributed by atoms with Crippen LogP contribution in [0.4, 0.5) is 0 Å². The summed E-state index contributed by atoms with van der Waals surface area (Å²) >= 11 is 0. The molecule has 5 nitrogen and oxygen atoms in total. The second-order valence-corrected chi connectivity index (χ2v) is 6.39. The number of aromatic nitrogens is 2. The maximum absolute atomic E-state index is 12.2. The molecule has 2 heterocycles. The van der Waals surface area contributed by atoms with Crippen molar-refractivity contribution in [3.63, 3.8) is 0 Å². The van der Waals surface area contributed by atoms with Gasteiger partial charge >= 0.3 is 0 Å². The van der Waals surface area contributed by atoms with Crippen molar-refractivity contribution >= 4 is 5.91 Å². The molecule has 1 saturated heterocycles. The molecule has 5 heteroatoms. The van der Waals surface area contributed by atoms with Crippen LogP contribution in [0.15, 0.2) is 6.20 Å². The Bertz CT molecular complexity index is 452. The van der Waals surface area contributed by atoms with Crippen molar-refractivity contribution < 1.29 is 4.79 Å². The molecule has 1 amide bonds. The Morgan fingerprint density at radius 3 is 3.00 bits per heavy atom. The van der Waals surface area contributed by atoms with Crippen LogP contribution in [-0.4, -0.2) is 35.2 Å². The first-order chi connectivity index (χ1) is 9.50. The highest BCUT2D eigenvalue weighted by atomic mass is 16.2. The van der Waals surface area contributed by atoms with Gasteiger partial charge in [0.1, 0.15) is 0 Å². The van der Waals surface area contributed by atoms with E-state index in [0.29, 0.717) is 0 Å². The molecule has 1 atom stereocenters. The number of hydrogen-bond acceptors (Lipinski definition) is 3. The van der Waals surface area contributed by atoms with Crippen LogP contribution >= 0.6 is 0 Å². The van der Waals surface area contributed by atoms with Gasteiger partial charge in [-0.1, -0.05) is 13.8 Å². The molecule has 0 radical (unpaired) electrons. The lowest BCUT2D eigenvalue weighted by atomic mass is 9.77. The summed E-state index contributed by atoms with van der Waals surface area (Å²) in [4.78, 5) is 12.2. The second-order valence-electron chi connectivity index (χ2n) is 6.39. The summed E-state index contributed by atoms with van der Waals surface area (Å²) in [5.74, 6) is 0.138. The fourth-order valence-electron chi connectivity index (χ4n) is 2.88. The maximum atomic E-state index is 12.2. The molecular formula is C15H26N4O. The number of hydrogen-bond donors (Lipinski definition) is 3. The van der Waals surface area contributed by atoms with Crippen LogP contribution in [0.5, 0.6) is 0 Å². The van der Waals surface area contributed by atoms with E-state index in [2.05, 4.69) is 34.7 Å². The number of piperidine rings is 1. The Balaban J connectivity index is 1.73. The maximum Gasteiger partial charge on any atom is 0.237 e. The quantitative estimate of drug-likeness (QED) is 0.716. The average molecular weight is 278 g/mol. The first-order valence-corrected chi connectivity index (χ1v) is 7.50. The predicted molar refractivity (Wildman–Crippen MR) is 79.5 cm³/mol. The van der Waals surface area contributed by atoms with Crippen LogP contribution < -0.4 is 10.6 Å². The van der Waals surface area contributed by atoms with E-state index in [1.165, 1.54) is 5.56 Å². The number of aryl methyl sites for hydroxylation is 2. The lowest BCUT2D eigenvalue weighted by Gasteiger charge is -2.38. The summed E-state index contributed by atoms with van der Waals surface area (Å²) in [7, 11) is 0. The van der Waals surface area contributed by atoms with Gasteiger partial charge in [-0.2, -0.15) is 5.10 Å². The summed E-state index contributed by atoms with van der Waals surface area (Å²) in [6, 6.07) is -0.0630. The summed E-state index contributed by atoms with van der Waals surface area (Å²) < 4.78 is 0. The SMILES string of the molecule is Cc1[nH]ncc1CCCNC(=O)C1NCCCC1(C)C. The first kappa shape index (κ1) is 15.0. The fourth-order valence-corrected chi connectivity index (χ4v) is 2.88. The van der Waals surface area contributed by atoms with Crippen molar-refractivity contribution in [3.8, 4) is 0 Å². The van der Waals surface area contributed by atoms with E-state index < -0.39 is 0 Å². The monoisotopic (exact) mass is 278 g/mol. The number of aromatic amines is 1. The Labute approximate surface area is 120 Å². The topological polar surface area (TPSA) is 69.8 Å². The minimum atomic E-state index is -0.0630. The van der Waals surface area contributed by atoms with Crippen molar-refractivity contribution in [2.24, 2.45) is 5.41 Å². The third kappa shape index (κ3) is 3.60. The average Bonchev–Trinajstić information content (AvgIpc) is 2.79. The van der Waals surface area contributed by atoms with Gasteiger partial charge < -0.3 is 10.6 Å². The lowest BCUT2D eigenvalue weighted by molar-refractivity contribution is -0.126. The van der Waals surface area contributed by atoms with E-state index in [1.807, 2.05) is 13.1 Å². The molecule has 0 spiro atoms. The van der Waals surface area contributed by atoms with Gasteiger partial charge in [-0.3, -0.25) is 9.89 Å². The van der Waals surface area contributed by atoms with E-state index in [4.69, 9.17) is 0 Å². The molecule has 20 heavy (non-hydrogen) atoms. The van der Waals surface area contributed by atoms with Gasteiger partial charge in [0.2, 0.25) is 5.91 Å². The number of amides is 1. The third-order valence-corrected chi connectivity index (χ3v) is 4.25. The molecule has 0 aromatic carbocycles. The van der Waals surface area contributed by atoms with E-state index in [-0.39, 0.29) is 17.4 Å². The molecule has 1 aromatic heterocycles. The van der Waals surface area contributed by atoms with Gasteiger partial charge in [0, 0.05) is 12.2 Å². The number of rotatable bonds is 5. The summed E-state index contributed by atoms with van der Waals surface area (Å²) in [6.45, 7) is 8.01. The van der Waals surface area contributed by atoms with Crippen LogP contribution in [0.25, 0.3) is 0 Å². The molecule has 1 aliphatic heterocycles. The summed E-state index contributed by atoms with van der Waals surface area (Å²) in [5.41, 5.74) is 2.39. The Morgan fingerprint density at radius 2 is 2.35 bits per heavy atom. The van der Waals surface area contributed by atoms with Crippen molar-refractivity contribution in [3.05, 3.63) is 17.5 Å². The highest BCUT2D eigenvalue weighted by molar-refractivity contribution is 5.82. The number of nitrogens with one attached hydrogen (secondary N) is 3. The molecular weight excluding hydrogens is 252 g/mol. The van der Waals surface area contributed by atoms with Crippen LogP contribution in [0.1, 0.15) is 44.4 Å². The van der Waals surface area contributed by atoms with Gasteiger partial charge in [0.15, 0.2) is 0 Å². The Kier molecular flexibility index (Phi) is 4.81. The Hall–Kier alpha value is -1.36. The van der Waals surface area contributed by atoms with Crippen LogP contribution in [0.3, 0.4) is 0 Å². The molecule has 0 aliphatic carbocycles. The van der Waals surface area contributed by atoms with Crippen LogP contribution in [0.2, 0.25) is 0 Å². The van der Waals surface area contributed by atoms with Gasteiger partial charge in [0.25, 0.3) is 0 Å². The third-order valence-electron chi connectivity index (χ3n) is 4.25. The molecule has 2 rings (SSSR count). The lowest BCUT2D eigenvalue weighted by Crippen LogP contribution is -2.55. The Morgan fingerprint density at radius 1 is 1.55 bits per heavy atom. The first-order valence-electron chi connectivity index (χ1n) is 7.50. The van der Waals surface area contributed by atoms with Crippen molar-refractivity contribution in [2.75, 3.05) is 13.1 Å². The molecule has 1 unspecified atom stereocenters. The molecule has 1 aliphatic rings. The van der Waals surface area contributed by atoms with Crippen LogP contribution in [0, 0.1) is 12.3 Å². The van der Waals surface area contributed by atoms with Crippen molar-refractivity contribution in [1.29, 1.82) is 0 Å². The molecule has 3 N–H and O–H groups in total. The largest absolute Gasteiger partial charge is 0.355 e. The predicted octanol–water partition coefficient (Wildman–Crippen LogP) is 1.55. The van der Waals surface area contributed by atoms with Gasteiger partial charge in [-0.15, -0.1) is 0 Å². The molecule has 1 aromatic rings. The molecule has 0 bridgehead atoms. The zero-order valence-electron chi connectivity index (χ0n) is 12.8. The van der Waals surface area contributed by atoms with Gasteiger partial charge in [-0.05, 0) is 50.1 Å². The number of H-pyrrole nitrogens is 1. The van der Waals surface area contributed by atoms with E-state index in [1.54, 1.807) is 0 Å². The second kappa shape index (κ2) is 6.39. The van der Waals surface area contributed by atoms with Crippen molar-refractivity contribution in [2.45, 2.75) is 52.5 Å². The minimum Gasteiger partial charge on any atom is -0.355 e. The standard InChI is InChI=1S/C15H26N4O/c1-11-12(10-18-19-11)6-4-8-17-14(20)13-15(2,3)7-5-9-16-13/h10,13,16H,4-9H2,1-3H3,(H,17,20)(H,18,19). The minimum absolute atomic E-state index is 0.0451. The zero-order chi connectivity index (χ0) is 14.6. The fraction of sp³-hybridized carbons (Fsp3) is 0.733.